The quantitative estimate of drug-likeness (QED) is 0.274. The van der Waals surface area contributed by atoms with Gasteiger partial charge in [-0.2, -0.15) is 0 Å². The number of ketones is 1. The third-order valence-corrected chi connectivity index (χ3v) is 5.85. The Labute approximate surface area is 209 Å². The summed E-state index contributed by atoms with van der Waals surface area (Å²) in [5.41, 5.74) is 1.56. The molecule has 0 aliphatic carbocycles. The minimum Gasteiger partial charge on any atom is -0.507 e. The number of amides is 1. The molecule has 3 aromatic rings. The molecule has 2 heterocycles. The van der Waals surface area contributed by atoms with Gasteiger partial charge in [0.25, 0.3) is 11.7 Å². The van der Waals surface area contributed by atoms with Crippen LogP contribution in [0.1, 0.15) is 36.6 Å². The van der Waals surface area contributed by atoms with E-state index in [1.165, 1.54) is 18.1 Å². The molecule has 2 aromatic carbocycles. The standard InChI is InChI=1S/C28H28N2O6/c1-17(2)16-36-21-9-6-19(7-10-21)26(32)24-25(20-8-11-22(31)23(13-20)35-3)30(28(34)27(24)33)15-18-5-4-12-29-14-18/h4-14,17,25,31-32H,15-16H2,1-3H3/b26-24-. The van der Waals surface area contributed by atoms with Crippen LogP contribution in [0, 0.1) is 5.92 Å². The molecule has 4 rings (SSSR count). The number of methoxy groups -OCH3 is 1. The number of hydrogen-bond donors (Lipinski definition) is 2. The molecule has 0 radical (unpaired) electrons. The number of aromatic nitrogens is 1. The van der Waals surface area contributed by atoms with Crippen molar-refractivity contribution in [3.8, 4) is 17.2 Å². The lowest BCUT2D eigenvalue weighted by Crippen LogP contribution is -2.29. The molecule has 0 saturated carbocycles. The van der Waals surface area contributed by atoms with Crippen LogP contribution in [0.5, 0.6) is 17.2 Å². The molecule has 2 N–H and O–H groups in total. The van der Waals surface area contributed by atoms with Crippen LogP contribution < -0.4 is 9.47 Å². The van der Waals surface area contributed by atoms with E-state index in [1.54, 1.807) is 60.9 Å². The lowest BCUT2D eigenvalue weighted by Gasteiger charge is -2.25. The molecule has 1 aliphatic rings. The fourth-order valence-electron chi connectivity index (χ4n) is 4.07. The number of rotatable bonds is 8. The van der Waals surface area contributed by atoms with E-state index >= 15 is 0 Å². The summed E-state index contributed by atoms with van der Waals surface area (Å²) in [6.45, 7) is 4.74. The second-order valence-corrected chi connectivity index (χ2v) is 8.95. The fourth-order valence-corrected chi connectivity index (χ4v) is 4.07. The first kappa shape index (κ1) is 24.8. The van der Waals surface area contributed by atoms with Crippen molar-refractivity contribution in [1.29, 1.82) is 0 Å². The monoisotopic (exact) mass is 488 g/mol. The van der Waals surface area contributed by atoms with Gasteiger partial charge < -0.3 is 24.6 Å². The molecule has 36 heavy (non-hydrogen) atoms. The van der Waals surface area contributed by atoms with Crippen molar-refractivity contribution in [2.75, 3.05) is 13.7 Å². The van der Waals surface area contributed by atoms with Gasteiger partial charge in [-0.15, -0.1) is 0 Å². The number of benzene rings is 2. The van der Waals surface area contributed by atoms with E-state index < -0.39 is 17.7 Å². The number of phenolic OH excluding ortho intramolecular Hbond substituents is 1. The van der Waals surface area contributed by atoms with Crippen molar-refractivity contribution in [3.63, 3.8) is 0 Å². The first-order valence-electron chi connectivity index (χ1n) is 11.6. The second-order valence-electron chi connectivity index (χ2n) is 8.95. The highest BCUT2D eigenvalue weighted by atomic mass is 16.5. The highest BCUT2D eigenvalue weighted by molar-refractivity contribution is 6.46. The van der Waals surface area contributed by atoms with Gasteiger partial charge in [-0.1, -0.05) is 26.0 Å². The van der Waals surface area contributed by atoms with Crippen molar-refractivity contribution >= 4 is 17.4 Å². The van der Waals surface area contributed by atoms with Crippen molar-refractivity contribution in [1.82, 2.24) is 9.88 Å². The number of carbonyl (C=O) groups excluding carboxylic acids is 2. The zero-order valence-electron chi connectivity index (χ0n) is 20.3. The largest absolute Gasteiger partial charge is 0.507 e. The number of Topliss-reactive ketones (excluding diaryl/α,β-unsaturated/α-hetero) is 1. The molecule has 8 nitrogen and oxygen atoms in total. The Morgan fingerprint density at radius 3 is 2.50 bits per heavy atom. The molecule has 1 saturated heterocycles. The Balaban J connectivity index is 1.79. The predicted octanol–water partition coefficient (Wildman–Crippen LogP) is 4.45. The summed E-state index contributed by atoms with van der Waals surface area (Å²) in [5, 5.41) is 21.3. The summed E-state index contributed by atoms with van der Waals surface area (Å²) in [6.07, 6.45) is 3.23. The lowest BCUT2D eigenvalue weighted by atomic mass is 9.95. The normalized spacial score (nSPS) is 17.0. The molecule has 1 atom stereocenters. The van der Waals surface area contributed by atoms with Crippen molar-refractivity contribution < 1.29 is 29.3 Å². The highest BCUT2D eigenvalue weighted by Crippen LogP contribution is 2.42. The predicted molar refractivity (Wildman–Crippen MR) is 134 cm³/mol. The molecule has 1 fully saturated rings. The molecular weight excluding hydrogens is 460 g/mol. The fraction of sp³-hybridized carbons (Fsp3) is 0.250. The SMILES string of the molecule is COc1cc(C2/C(=C(/O)c3ccc(OCC(C)C)cc3)C(=O)C(=O)N2Cc2cccnc2)ccc1O. The summed E-state index contributed by atoms with van der Waals surface area (Å²) in [4.78, 5) is 31.9. The van der Waals surface area contributed by atoms with Crippen LogP contribution in [0.4, 0.5) is 0 Å². The van der Waals surface area contributed by atoms with E-state index in [9.17, 15) is 19.8 Å². The number of aliphatic hydroxyl groups is 1. The number of carbonyl (C=O) groups is 2. The maximum Gasteiger partial charge on any atom is 0.295 e. The maximum absolute atomic E-state index is 13.2. The van der Waals surface area contributed by atoms with Gasteiger partial charge in [0.15, 0.2) is 11.5 Å². The Bertz CT molecular complexity index is 1290. The molecule has 1 aromatic heterocycles. The maximum atomic E-state index is 13.2. The van der Waals surface area contributed by atoms with Gasteiger partial charge in [0, 0.05) is 24.5 Å². The summed E-state index contributed by atoms with van der Waals surface area (Å²) in [6, 6.07) is 13.9. The van der Waals surface area contributed by atoms with Crippen LogP contribution in [0.15, 0.2) is 72.6 Å². The third kappa shape index (κ3) is 5.02. The molecular formula is C28H28N2O6. The van der Waals surface area contributed by atoms with Crippen molar-refractivity contribution in [3.05, 3.63) is 89.3 Å². The summed E-state index contributed by atoms with van der Waals surface area (Å²) >= 11 is 0. The average Bonchev–Trinajstić information content (AvgIpc) is 3.13. The molecule has 1 amide bonds. The van der Waals surface area contributed by atoms with Crippen molar-refractivity contribution in [2.45, 2.75) is 26.4 Å². The number of ether oxygens (including phenoxy) is 2. The zero-order valence-corrected chi connectivity index (χ0v) is 20.3. The molecule has 1 unspecified atom stereocenters. The second kappa shape index (κ2) is 10.5. The summed E-state index contributed by atoms with van der Waals surface area (Å²) in [7, 11) is 1.41. The van der Waals surface area contributed by atoms with Crippen LogP contribution >= 0.6 is 0 Å². The van der Waals surface area contributed by atoms with Gasteiger partial charge in [-0.25, -0.2) is 0 Å². The number of phenols is 1. The van der Waals surface area contributed by atoms with E-state index in [2.05, 4.69) is 4.98 Å². The third-order valence-electron chi connectivity index (χ3n) is 5.85. The van der Waals surface area contributed by atoms with Crippen LogP contribution in [-0.4, -0.2) is 45.5 Å². The number of pyridine rings is 1. The Morgan fingerprint density at radius 2 is 1.86 bits per heavy atom. The van der Waals surface area contributed by atoms with Gasteiger partial charge in [0.05, 0.1) is 25.3 Å². The number of likely N-dealkylation sites (tertiary alicyclic amines) is 1. The number of nitrogens with zero attached hydrogens (tertiary/aromatic N) is 2. The van der Waals surface area contributed by atoms with Crippen LogP contribution in [0.3, 0.4) is 0 Å². The molecule has 1 aliphatic heterocycles. The first-order chi connectivity index (χ1) is 17.3. The van der Waals surface area contributed by atoms with E-state index in [0.29, 0.717) is 29.4 Å². The minimum absolute atomic E-state index is 0.0486. The van der Waals surface area contributed by atoms with Crippen LogP contribution in [0.2, 0.25) is 0 Å². The molecule has 0 bridgehead atoms. The Morgan fingerprint density at radius 1 is 1.11 bits per heavy atom. The molecule has 0 spiro atoms. The van der Waals surface area contributed by atoms with Crippen LogP contribution in [-0.2, 0) is 16.1 Å². The van der Waals surface area contributed by atoms with Crippen molar-refractivity contribution in [2.24, 2.45) is 5.92 Å². The number of hydrogen-bond acceptors (Lipinski definition) is 7. The zero-order chi connectivity index (χ0) is 25.8. The Kier molecular flexibility index (Phi) is 7.24. The smallest absolute Gasteiger partial charge is 0.295 e. The van der Waals surface area contributed by atoms with E-state index in [-0.39, 0.29) is 29.4 Å². The summed E-state index contributed by atoms with van der Waals surface area (Å²) in [5.74, 6) is -0.737. The first-order valence-corrected chi connectivity index (χ1v) is 11.6. The Hall–Kier alpha value is -4.33. The number of aliphatic hydroxyl groups excluding tert-OH is 1. The lowest BCUT2D eigenvalue weighted by molar-refractivity contribution is -0.140. The molecule has 186 valence electrons. The minimum atomic E-state index is -0.906. The molecule has 8 heteroatoms. The van der Waals surface area contributed by atoms with Gasteiger partial charge in [-0.05, 0) is 59.5 Å². The van der Waals surface area contributed by atoms with E-state index in [4.69, 9.17) is 9.47 Å². The summed E-state index contributed by atoms with van der Waals surface area (Å²) < 4.78 is 11.0. The number of aromatic hydroxyl groups is 1. The van der Waals surface area contributed by atoms with Gasteiger partial charge >= 0.3 is 0 Å². The van der Waals surface area contributed by atoms with Gasteiger partial charge in [0.1, 0.15) is 11.5 Å². The van der Waals surface area contributed by atoms with E-state index in [1.807, 2.05) is 13.8 Å². The van der Waals surface area contributed by atoms with Gasteiger partial charge in [-0.3, -0.25) is 14.6 Å². The van der Waals surface area contributed by atoms with Gasteiger partial charge in [0.2, 0.25) is 0 Å². The van der Waals surface area contributed by atoms with Crippen LogP contribution in [0.25, 0.3) is 5.76 Å². The van der Waals surface area contributed by atoms with E-state index in [0.717, 1.165) is 5.56 Å². The highest BCUT2D eigenvalue weighted by Gasteiger charge is 2.46. The average molecular weight is 489 g/mol. The topological polar surface area (TPSA) is 109 Å².